The maximum atomic E-state index is 10.6. The van der Waals surface area contributed by atoms with Crippen LogP contribution in [-0.4, -0.2) is 24.1 Å². The van der Waals surface area contributed by atoms with Crippen LogP contribution in [0.25, 0.3) is 0 Å². The molecule has 1 N–H and O–H groups in total. The maximum absolute atomic E-state index is 10.6. The number of hydrogen-bond donors (Lipinski definition) is 1. The molecule has 0 atom stereocenters. The van der Waals surface area contributed by atoms with Gasteiger partial charge in [0.25, 0.3) is 5.69 Å². The molecule has 0 radical (unpaired) electrons. The lowest BCUT2D eigenvalue weighted by atomic mass is 10.2. The van der Waals surface area contributed by atoms with Crippen LogP contribution in [0, 0.1) is 21.4 Å². The molecular formula is C10H9N3O3. The molecule has 16 heavy (non-hydrogen) atoms. The summed E-state index contributed by atoms with van der Waals surface area (Å²) in [4.78, 5) is 10.0. The standard InChI is InChI=1S/C10H9N3O3/c11-4-7-3-8(16-9-5-12-6-9)1-2-10(7)13(14)15/h1-3,9,12H,5-6H2. The first-order chi connectivity index (χ1) is 7.70. The number of rotatable bonds is 3. The molecule has 1 saturated heterocycles. The highest BCUT2D eigenvalue weighted by atomic mass is 16.6. The fraction of sp³-hybridized carbons (Fsp3) is 0.300. The highest BCUT2D eigenvalue weighted by molar-refractivity contribution is 5.52. The molecule has 1 aromatic carbocycles. The normalized spacial score (nSPS) is 14.9. The molecule has 1 aromatic rings. The molecule has 1 heterocycles. The second-order valence-corrected chi connectivity index (χ2v) is 3.45. The van der Waals surface area contributed by atoms with Crippen LogP contribution in [0.3, 0.4) is 0 Å². The number of benzene rings is 1. The SMILES string of the molecule is N#Cc1cc(OC2CNC2)ccc1[N+](=O)[O-]. The Kier molecular flexibility index (Phi) is 2.70. The lowest BCUT2D eigenvalue weighted by Crippen LogP contribution is -2.50. The highest BCUT2D eigenvalue weighted by Gasteiger charge is 2.20. The van der Waals surface area contributed by atoms with E-state index in [0.29, 0.717) is 5.75 Å². The van der Waals surface area contributed by atoms with E-state index in [1.165, 1.54) is 18.2 Å². The van der Waals surface area contributed by atoms with Crippen LogP contribution in [0.2, 0.25) is 0 Å². The average Bonchev–Trinajstić information content (AvgIpc) is 2.23. The summed E-state index contributed by atoms with van der Waals surface area (Å²) in [6, 6.07) is 5.99. The van der Waals surface area contributed by atoms with Crippen molar-refractivity contribution in [2.75, 3.05) is 13.1 Å². The molecular weight excluding hydrogens is 210 g/mol. The lowest BCUT2D eigenvalue weighted by Gasteiger charge is -2.27. The van der Waals surface area contributed by atoms with Crippen molar-refractivity contribution >= 4 is 5.69 Å². The Morgan fingerprint density at radius 2 is 2.31 bits per heavy atom. The third-order valence-corrected chi connectivity index (χ3v) is 2.33. The predicted octanol–water partition coefficient (Wildman–Crippen LogP) is 0.817. The van der Waals surface area contributed by atoms with E-state index in [9.17, 15) is 10.1 Å². The largest absolute Gasteiger partial charge is 0.488 e. The first-order valence-corrected chi connectivity index (χ1v) is 4.76. The van der Waals surface area contributed by atoms with E-state index in [1.807, 2.05) is 0 Å². The van der Waals surface area contributed by atoms with Crippen LogP contribution in [0.4, 0.5) is 5.69 Å². The Morgan fingerprint density at radius 1 is 1.56 bits per heavy atom. The van der Waals surface area contributed by atoms with Crippen LogP contribution < -0.4 is 10.1 Å². The minimum atomic E-state index is -0.576. The van der Waals surface area contributed by atoms with Gasteiger partial charge in [0, 0.05) is 25.2 Å². The molecule has 1 aliphatic heterocycles. The fourth-order valence-electron chi connectivity index (χ4n) is 1.38. The van der Waals surface area contributed by atoms with E-state index in [4.69, 9.17) is 10.00 Å². The molecule has 0 aliphatic carbocycles. The van der Waals surface area contributed by atoms with Crippen LogP contribution in [0.1, 0.15) is 5.56 Å². The first kappa shape index (κ1) is 10.4. The van der Waals surface area contributed by atoms with Crippen molar-refractivity contribution in [2.24, 2.45) is 0 Å². The number of nitriles is 1. The molecule has 6 heteroatoms. The number of ether oxygens (including phenoxy) is 1. The van der Waals surface area contributed by atoms with Crippen molar-refractivity contribution in [1.82, 2.24) is 5.32 Å². The van der Waals surface area contributed by atoms with Gasteiger partial charge in [0.05, 0.1) is 4.92 Å². The number of nitrogens with zero attached hydrogens (tertiary/aromatic N) is 2. The van der Waals surface area contributed by atoms with Gasteiger partial charge in [0.2, 0.25) is 0 Å². The summed E-state index contributed by atoms with van der Waals surface area (Å²) in [6.07, 6.45) is 0.0907. The molecule has 0 saturated carbocycles. The number of nitrogens with one attached hydrogen (secondary N) is 1. The minimum absolute atomic E-state index is 0.0229. The van der Waals surface area contributed by atoms with E-state index < -0.39 is 4.92 Å². The maximum Gasteiger partial charge on any atom is 0.287 e. The summed E-state index contributed by atoms with van der Waals surface area (Å²) >= 11 is 0. The van der Waals surface area contributed by atoms with Gasteiger partial charge in [-0.25, -0.2) is 0 Å². The van der Waals surface area contributed by atoms with Crippen LogP contribution in [-0.2, 0) is 0 Å². The van der Waals surface area contributed by atoms with Crippen molar-refractivity contribution in [1.29, 1.82) is 5.26 Å². The lowest BCUT2D eigenvalue weighted by molar-refractivity contribution is -0.385. The summed E-state index contributed by atoms with van der Waals surface area (Å²) in [6.45, 7) is 1.53. The zero-order chi connectivity index (χ0) is 11.5. The van der Waals surface area contributed by atoms with Gasteiger partial charge >= 0.3 is 0 Å². The Labute approximate surface area is 91.6 Å². The van der Waals surface area contributed by atoms with Crippen molar-refractivity contribution < 1.29 is 9.66 Å². The Hall–Kier alpha value is -2.13. The van der Waals surface area contributed by atoms with Gasteiger partial charge in [0.1, 0.15) is 23.5 Å². The van der Waals surface area contributed by atoms with Gasteiger partial charge in [0.15, 0.2) is 0 Å². The topological polar surface area (TPSA) is 88.2 Å². The third-order valence-electron chi connectivity index (χ3n) is 2.33. The number of nitro benzene ring substituents is 1. The molecule has 0 amide bonds. The van der Waals surface area contributed by atoms with Crippen LogP contribution in [0.5, 0.6) is 5.75 Å². The smallest absolute Gasteiger partial charge is 0.287 e. The molecule has 0 spiro atoms. The Bertz CT molecular complexity index is 463. The summed E-state index contributed by atoms with van der Waals surface area (Å²) < 4.78 is 5.49. The highest BCUT2D eigenvalue weighted by Crippen LogP contribution is 2.24. The molecule has 82 valence electrons. The second-order valence-electron chi connectivity index (χ2n) is 3.45. The predicted molar refractivity (Wildman–Crippen MR) is 55.1 cm³/mol. The molecule has 6 nitrogen and oxygen atoms in total. The third kappa shape index (κ3) is 1.94. The van der Waals surface area contributed by atoms with E-state index >= 15 is 0 Å². The zero-order valence-electron chi connectivity index (χ0n) is 8.34. The summed E-state index contributed by atoms with van der Waals surface area (Å²) in [5, 5.41) is 22.4. The van der Waals surface area contributed by atoms with Gasteiger partial charge < -0.3 is 10.1 Å². The van der Waals surface area contributed by atoms with E-state index in [1.54, 1.807) is 6.07 Å². The molecule has 1 aliphatic rings. The van der Waals surface area contributed by atoms with E-state index in [-0.39, 0.29) is 17.4 Å². The van der Waals surface area contributed by atoms with Gasteiger partial charge in [-0.3, -0.25) is 10.1 Å². The monoisotopic (exact) mass is 219 g/mol. The summed E-state index contributed by atoms with van der Waals surface area (Å²) in [5.41, 5.74) is -0.170. The van der Waals surface area contributed by atoms with Crippen LogP contribution >= 0.6 is 0 Å². The van der Waals surface area contributed by atoms with Gasteiger partial charge in [-0.05, 0) is 6.07 Å². The fourth-order valence-corrected chi connectivity index (χ4v) is 1.38. The summed E-state index contributed by atoms with van der Waals surface area (Å²) in [5.74, 6) is 0.494. The molecule has 0 aromatic heterocycles. The van der Waals surface area contributed by atoms with Gasteiger partial charge in [-0.2, -0.15) is 5.26 Å². The molecule has 0 unspecified atom stereocenters. The number of hydrogen-bond acceptors (Lipinski definition) is 5. The van der Waals surface area contributed by atoms with E-state index in [0.717, 1.165) is 13.1 Å². The molecule has 0 bridgehead atoms. The van der Waals surface area contributed by atoms with E-state index in [2.05, 4.69) is 5.32 Å². The Morgan fingerprint density at radius 3 is 2.81 bits per heavy atom. The summed E-state index contributed by atoms with van der Waals surface area (Å²) in [7, 11) is 0. The van der Waals surface area contributed by atoms with Crippen molar-refractivity contribution in [3.63, 3.8) is 0 Å². The van der Waals surface area contributed by atoms with Crippen LogP contribution in [0.15, 0.2) is 18.2 Å². The Balaban J connectivity index is 2.22. The molecule has 2 rings (SSSR count). The number of nitro groups is 1. The van der Waals surface area contributed by atoms with Gasteiger partial charge in [-0.1, -0.05) is 0 Å². The first-order valence-electron chi connectivity index (χ1n) is 4.76. The van der Waals surface area contributed by atoms with Gasteiger partial charge in [-0.15, -0.1) is 0 Å². The quantitative estimate of drug-likeness (QED) is 0.600. The average molecular weight is 219 g/mol. The molecule has 1 fully saturated rings. The second kappa shape index (κ2) is 4.16. The van der Waals surface area contributed by atoms with Crippen molar-refractivity contribution in [3.8, 4) is 11.8 Å². The van der Waals surface area contributed by atoms with Crippen molar-refractivity contribution in [2.45, 2.75) is 6.10 Å². The van der Waals surface area contributed by atoms with Crippen molar-refractivity contribution in [3.05, 3.63) is 33.9 Å². The minimum Gasteiger partial charge on any atom is -0.488 e. The zero-order valence-corrected chi connectivity index (χ0v) is 8.34.